The van der Waals surface area contributed by atoms with Gasteiger partial charge in [0.15, 0.2) is 5.96 Å². The Morgan fingerprint density at radius 2 is 2.00 bits per heavy atom. The van der Waals surface area contributed by atoms with E-state index in [1.165, 1.54) is 37.8 Å². The Bertz CT molecular complexity index is 621. The lowest BCUT2D eigenvalue weighted by molar-refractivity contribution is 0.245. The number of guanidine groups is 1. The molecule has 158 valence electrons. The van der Waals surface area contributed by atoms with Gasteiger partial charge in [-0.25, -0.2) is 0 Å². The van der Waals surface area contributed by atoms with E-state index >= 15 is 0 Å². The molecule has 2 heterocycles. The summed E-state index contributed by atoms with van der Waals surface area (Å²) in [6.07, 6.45) is 5.02. The molecular weight excluding hydrogens is 465 g/mol. The summed E-state index contributed by atoms with van der Waals surface area (Å²) in [7, 11) is 1.74. The van der Waals surface area contributed by atoms with Gasteiger partial charge in [-0.2, -0.15) is 0 Å². The number of nitrogens with one attached hydrogen (secondary N) is 1. The zero-order valence-electron chi connectivity index (χ0n) is 17.3. The van der Waals surface area contributed by atoms with Crippen LogP contribution >= 0.6 is 24.0 Å². The second-order valence-electron chi connectivity index (χ2n) is 7.53. The minimum Gasteiger partial charge on any atom is -0.496 e. The Kier molecular flexibility index (Phi) is 9.81. The number of nitrogens with zero attached hydrogens (tertiary/aromatic N) is 3. The first kappa shape index (κ1) is 23.2. The molecule has 0 spiro atoms. The monoisotopic (exact) mass is 501 g/mol. The summed E-state index contributed by atoms with van der Waals surface area (Å²) in [5.74, 6) is 1.48. The molecule has 0 amide bonds. The summed E-state index contributed by atoms with van der Waals surface area (Å²) in [6, 6.07) is 9.06. The predicted octanol–water partition coefficient (Wildman–Crippen LogP) is 2.84. The molecule has 1 aromatic carbocycles. The topological polar surface area (TPSA) is 66.1 Å². The van der Waals surface area contributed by atoms with E-state index in [9.17, 15) is 0 Å². The van der Waals surface area contributed by atoms with Crippen molar-refractivity contribution >= 4 is 29.9 Å². The molecule has 7 heteroatoms. The van der Waals surface area contributed by atoms with E-state index in [0.29, 0.717) is 18.5 Å². The highest BCUT2D eigenvalue weighted by Crippen LogP contribution is 2.31. The quantitative estimate of drug-likeness (QED) is 0.326. The first-order valence-electron chi connectivity index (χ1n) is 10.4. The average molecular weight is 501 g/mol. The molecule has 3 N–H and O–H groups in total. The summed E-state index contributed by atoms with van der Waals surface area (Å²) in [5, 5.41) is 3.35. The van der Waals surface area contributed by atoms with Gasteiger partial charge in [0.1, 0.15) is 5.75 Å². The summed E-state index contributed by atoms with van der Waals surface area (Å²) in [5.41, 5.74) is 7.41. The first-order valence-corrected chi connectivity index (χ1v) is 10.4. The molecule has 2 saturated heterocycles. The fourth-order valence-corrected chi connectivity index (χ4v) is 4.41. The summed E-state index contributed by atoms with van der Waals surface area (Å²) < 4.78 is 5.60. The molecule has 0 aromatic heterocycles. The van der Waals surface area contributed by atoms with Gasteiger partial charge < -0.3 is 15.8 Å². The molecule has 1 aromatic rings. The van der Waals surface area contributed by atoms with Gasteiger partial charge in [-0.3, -0.25) is 14.8 Å². The third-order valence-corrected chi connectivity index (χ3v) is 5.94. The van der Waals surface area contributed by atoms with E-state index in [-0.39, 0.29) is 30.0 Å². The number of rotatable bonds is 8. The molecule has 2 aliphatic rings. The van der Waals surface area contributed by atoms with Gasteiger partial charge in [0.2, 0.25) is 0 Å². The van der Waals surface area contributed by atoms with Crippen LogP contribution in [0.2, 0.25) is 0 Å². The van der Waals surface area contributed by atoms with Gasteiger partial charge in [-0.1, -0.05) is 25.1 Å². The number of likely N-dealkylation sites (tertiary alicyclic amines) is 2. The number of para-hydroxylation sites is 1. The van der Waals surface area contributed by atoms with Crippen LogP contribution in [-0.2, 0) is 0 Å². The molecule has 0 saturated carbocycles. The lowest BCUT2D eigenvalue weighted by atomic mass is 10.0. The molecule has 2 fully saturated rings. The van der Waals surface area contributed by atoms with Crippen molar-refractivity contribution in [2.24, 2.45) is 10.7 Å². The smallest absolute Gasteiger partial charge is 0.188 e. The molecular formula is C21H36IN5O. The molecule has 2 unspecified atom stereocenters. The summed E-state index contributed by atoms with van der Waals surface area (Å²) in [6.45, 7) is 8.29. The maximum Gasteiger partial charge on any atom is 0.188 e. The van der Waals surface area contributed by atoms with Crippen molar-refractivity contribution in [3.63, 3.8) is 0 Å². The van der Waals surface area contributed by atoms with Gasteiger partial charge in [0.25, 0.3) is 0 Å². The number of ether oxygens (including phenoxy) is 1. The van der Waals surface area contributed by atoms with Crippen molar-refractivity contribution in [1.82, 2.24) is 15.1 Å². The number of nitrogens with two attached hydrogens (primary N) is 1. The van der Waals surface area contributed by atoms with E-state index in [1.807, 2.05) is 12.1 Å². The predicted molar refractivity (Wildman–Crippen MR) is 127 cm³/mol. The molecule has 0 radical (unpaired) electrons. The number of hydrogen-bond donors (Lipinski definition) is 2. The van der Waals surface area contributed by atoms with Crippen LogP contribution in [0.15, 0.2) is 29.3 Å². The Morgan fingerprint density at radius 1 is 1.25 bits per heavy atom. The largest absolute Gasteiger partial charge is 0.496 e. The minimum atomic E-state index is 0. The van der Waals surface area contributed by atoms with E-state index in [0.717, 1.165) is 31.9 Å². The standard InChI is InChI=1S/C21H35N5O.HI/c1-3-25-14-8-9-17(25)15-23-21(22)24-16-19(26-12-6-7-13-26)18-10-4-5-11-20(18)27-2;/h4-5,10-11,17,19H,3,6-9,12-16H2,1-2H3,(H3,22,23,24);1H. The zero-order chi connectivity index (χ0) is 19.1. The van der Waals surface area contributed by atoms with Crippen LogP contribution in [0.5, 0.6) is 5.75 Å². The van der Waals surface area contributed by atoms with Crippen molar-refractivity contribution in [3.05, 3.63) is 29.8 Å². The van der Waals surface area contributed by atoms with Crippen LogP contribution in [0.3, 0.4) is 0 Å². The van der Waals surface area contributed by atoms with Crippen LogP contribution in [0.1, 0.15) is 44.2 Å². The van der Waals surface area contributed by atoms with Crippen LogP contribution < -0.4 is 15.8 Å². The molecule has 0 aliphatic carbocycles. The number of aliphatic imine (C=N–C) groups is 1. The van der Waals surface area contributed by atoms with E-state index in [1.54, 1.807) is 7.11 Å². The molecule has 2 atom stereocenters. The number of halogens is 1. The third kappa shape index (κ3) is 5.97. The second-order valence-corrected chi connectivity index (χ2v) is 7.53. The van der Waals surface area contributed by atoms with E-state index in [4.69, 9.17) is 15.5 Å². The molecule has 6 nitrogen and oxygen atoms in total. The number of likely N-dealkylation sites (N-methyl/N-ethyl adjacent to an activating group) is 1. The first-order chi connectivity index (χ1) is 13.2. The van der Waals surface area contributed by atoms with Gasteiger partial charge >= 0.3 is 0 Å². The number of methoxy groups -OCH3 is 1. The Hall–Kier alpha value is -1.06. The highest BCUT2D eigenvalue weighted by molar-refractivity contribution is 14.0. The lowest BCUT2D eigenvalue weighted by Crippen LogP contribution is -2.43. The fraction of sp³-hybridized carbons (Fsp3) is 0.667. The van der Waals surface area contributed by atoms with Crippen LogP contribution in [0.25, 0.3) is 0 Å². The fourth-order valence-electron chi connectivity index (χ4n) is 4.41. The average Bonchev–Trinajstić information content (AvgIpc) is 3.38. The maximum absolute atomic E-state index is 6.20. The number of hydrogen-bond acceptors (Lipinski definition) is 4. The van der Waals surface area contributed by atoms with E-state index < -0.39 is 0 Å². The van der Waals surface area contributed by atoms with Crippen molar-refractivity contribution < 1.29 is 4.74 Å². The minimum absolute atomic E-state index is 0. The normalized spacial score (nSPS) is 22.1. The summed E-state index contributed by atoms with van der Waals surface area (Å²) in [4.78, 5) is 9.72. The second kappa shape index (κ2) is 11.8. The molecule has 28 heavy (non-hydrogen) atoms. The Labute approximate surface area is 186 Å². The van der Waals surface area contributed by atoms with Crippen molar-refractivity contribution in [3.8, 4) is 5.75 Å². The highest BCUT2D eigenvalue weighted by Gasteiger charge is 2.26. The van der Waals surface area contributed by atoms with Crippen LogP contribution in [0.4, 0.5) is 0 Å². The van der Waals surface area contributed by atoms with Gasteiger partial charge in [0.05, 0.1) is 19.7 Å². The van der Waals surface area contributed by atoms with Crippen LogP contribution in [0, 0.1) is 0 Å². The maximum atomic E-state index is 6.20. The lowest BCUT2D eigenvalue weighted by Gasteiger charge is -2.28. The summed E-state index contributed by atoms with van der Waals surface area (Å²) >= 11 is 0. The molecule has 0 bridgehead atoms. The zero-order valence-corrected chi connectivity index (χ0v) is 19.6. The van der Waals surface area contributed by atoms with Gasteiger partial charge in [-0.15, -0.1) is 24.0 Å². The van der Waals surface area contributed by atoms with Crippen LogP contribution in [-0.4, -0.2) is 68.2 Å². The number of benzene rings is 1. The third-order valence-electron chi connectivity index (χ3n) is 5.94. The van der Waals surface area contributed by atoms with Crippen molar-refractivity contribution in [2.45, 2.75) is 44.7 Å². The Balaban J connectivity index is 0.00000280. The van der Waals surface area contributed by atoms with Crippen molar-refractivity contribution in [1.29, 1.82) is 0 Å². The highest BCUT2D eigenvalue weighted by atomic mass is 127. The van der Waals surface area contributed by atoms with E-state index in [2.05, 4.69) is 34.2 Å². The SMILES string of the molecule is CCN1CCCC1CNC(N)=NCC(c1ccccc1OC)N1CCCC1.I. The van der Waals surface area contributed by atoms with Crippen molar-refractivity contribution in [2.75, 3.05) is 46.4 Å². The molecule has 3 rings (SSSR count). The van der Waals surface area contributed by atoms with Gasteiger partial charge in [-0.05, 0) is 57.9 Å². The Morgan fingerprint density at radius 3 is 2.71 bits per heavy atom. The molecule has 2 aliphatic heterocycles. The van der Waals surface area contributed by atoms with Gasteiger partial charge in [0, 0.05) is 18.2 Å².